The molecular formula is C4H5BrMgN2. The van der Waals surface area contributed by atoms with E-state index >= 15 is 0 Å². The molecule has 0 aromatic carbocycles. The van der Waals surface area contributed by atoms with Crippen molar-refractivity contribution in [2.24, 2.45) is 0 Å². The molecule has 0 saturated heterocycles. The topological polar surface area (TPSA) is 25.8 Å². The van der Waals surface area contributed by atoms with E-state index in [-0.39, 0.29) is 23.1 Å². The summed E-state index contributed by atoms with van der Waals surface area (Å²) in [5.74, 6) is 0. The molecule has 1 heterocycles. The van der Waals surface area contributed by atoms with Gasteiger partial charge in [0, 0.05) is 12.4 Å². The predicted octanol–water partition coefficient (Wildman–Crippen LogP) is 0.323. The molecule has 1 aromatic rings. The molecule has 0 aliphatic heterocycles. The third kappa shape index (κ3) is 2.59. The van der Waals surface area contributed by atoms with Gasteiger partial charge in [-0.1, -0.05) is 0 Å². The fourth-order valence-electron chi connectivity index (χ4n) is 0.281. The summed E-state index contributed by atoms with van der Waals surface area (Å²) in [6.07, 6.45) is 4.87. The summed E-state index contributed by atoms with van der Waals surface area (Å²) in [5.41, 5.74) is 0. The summed E-state index contributed by atoms with van der Waals surface area (Å²) in [7, 11) is 0. The van der Waals surface area contributed by atoms with E-state index in [1.807, 2.05) is 0 Å². The van der Waals surface area contributed by atoms with Gasteiger partial charge in [0.2, 0.25) is 0 Å². The highest BCUT2D eigenvalue weighted by molar-refractivity contribution is 9.10. The molecule has 0 unspecified atom stereocenters. The summed E-state index contributed by atoms with van der Waals surface area (Å²) in [6, 6.07) is 0. The molecule has 0 aliphatic rings. The van der Waals surface area contributed by atoms with Crippen LogP contribution in [0, 0.1) is 0 Å². The Bertz CT molecular complexity index is 144. The summed E-state index contributed by atoms with van der Waals surface area (Å²) in [4.78, 5) is 7.45. The molecule has 0 atom stereocenters. The molecule has 0 saturated carbocycles. The third-order valence-electron chi connectivity index (χ3n) is 0.529. The van der Waals surface area contributed by atoms with Crippen LogP contribution in [-0.2, 0) is 0 Å². The molecule has 1 aromatic heterocycles. The molecule has 0 fully saturated rings. The van der Waals surface area contributed by atoms with Gasteiger partial charge in [-0.15, -0.1) is 0 Å². The van der Waals surface area contributed by atoms with Crippen LogP contribution in [0.15, 0.2) is 23.2 Å². The van der Waals surface area contributed by atoms with Crippen LogP contribution in [0.5, 0.6) is 0 Å². The van der Waals surface area contributed by atoms with Crippen LogP contribution >= 0.6 is 15.9 Å². The maximum absolute atomic E-state index is 3.73. The molecule has 0 aliphatic carbocycles. The first-order valence-corrected chi connectivity index (χ1v) is 2.59. The van der Waals surface area contributed by atoms with Crippen molar-refractivity contribution in [3.05, 3.63) is 23.2 Å². The molecule has 8 heavy (non-hydrogen) atoms. The number of halogens is 1. The second-order valence-electron chi connectivity index (χ2n) is 1.06. The normalized spacial score (nSPS) is 7.62. The van der Waals surface area contributed by atoms with Gasteiger partial charge in [0.25, 0.3) is 0 Å². The Balaban J connectivity index is 0.000000490. The average molecular weight is 185 g/mol. The molecule has 0 amide bonds. The largest absolute Gasteiger partial charge is 0.316 e. The van der Waals surface area contributed by atoms with Crippen molar-refractivity contribution < 1.29 is 0 Å². The Morgan fingerprint density at radius 2 is 1.75 bits per heavy atom. The fourth-order valence-corrected chi connectivity index (χ4v) is 0.517. The second kappa shape index (κ2) is 4.23. The maximum atomic E-state index is 3.73. The zero-order chi connectivity index (χ0) is 5.11. The maximum Gasteiger partial charge on any atom is 0.316 e. The van der Waals surface area contributed by atoms with Crippen molar-refractivity contribution in [2.45, 2.75) is 0 Å². The van der Waals surface area contributed by atoms with Crippen LogP contribution in [0.1, 0.15) is 0 Å². The van der Waals surface area contributed by atoms with Crippen molar-refractivity contribution in [2.75, 3.05) is 0 Å². The quantitative estimate of drug-likeness (QED) is 0.544. The van der Waals surface area contributed by atoms with E-state index in [4.69, 9.17) is 0 Å². The van der Waals surface area contributed by atoms with Gasteiger partial charge in [0.1, 0.15) is 6.33 Å². The predicted molar refractivity (Wildman–Crippen MR) is 38.3 cm³/mol. The Hall–Kier alpha value is 0.326. The number of hydrogen-bond donors (Lipinski definition) is 0. The van der Waals surface area contributed by atoms with E-state index in [9.17, 15) is 0 Å². The van der Waals surface area contributed by atoms with E-state index in [1.165, 1.54) is 6.33 Å². The van der Waals surface area contributed by atoms with Gasteiger partial charge in [-0.25, -0.2) is 9.97 Å². The van der Waals surface area contributed by atoms with Crippen LogP contribution in [0.4, 0.5) is 0 Å². The fraction of sp³-hybridized carbons (Fsp3) is 0. The monoisotopic (exact) mass is 184 g/mol. The number of aromatic nitrogens is 2. The van der Waals surface area contributed by atoms with E-state index in [0.29, 0.717) is 0 Å². The second-order valence-corrected chi connectivity index (χ2v) is 1.97. The molecule has 4 heteroatoms. The molecule has 0 N–H and O–H groups in total. The summed E-state index contributed by atoms with van der Waals surface area (Å²) < 4.78 is 0.912. The lowest BCUT2D eigenvalue weighted by Gasteiger charge is -1.79. The van der Waals surface area contributed by atoms with Crippen LogP contribution in [0.25, 0.3) is 0 Å². The smallest absolute Gasteiger partial charge is 0.244 e. The van der Waals surface area contributed by atoms with Gasteiger partial charge in [-0.2, -0.15) is 0 Å². The van der Waals surface area contributed by atoms with Gasteiger partial charge in [-0.05, 0) is 15.9 Å². The highest BCUT2D eigenvalue weighted by Crippen LogP contribution is 2.00. The van der Waals surface area contributed by atoms with Crippen LogP contribution in [0.3, 0.4) is 0 Å². The first-order valence-electron chi connectivity index (χ1n) is 1.80. The highest BCUT2D eigenvalue weighted by atomic mass is 79.9. The van der Waals surface area contributed by atoms with Crippen LogP contribution in [-0.4, -0.2) is 33.0 Å². The standard InChI is InChI=1S/C4H3BrN2.Mg.2H/c5-4-1-6-3-7-2-4;;;/h1-3H;;;. The Morgan fingerprint density at radius 1 is 1.25 bits per heavy atom. The van der Waals surface area contributed by atoms with Gasteiger partial charge in [0.05, 0.1) is 4.47 Å². The van der Waals surface area contributed by atoms with E-state index in [2.05, 4.69) is 25.9 Å². The Morgan fingerprint density at radius 3 is 2.00 bits per heavy atom. The van der Waals surface area contributed by atoms with E-state index in [1.54, 1.807) is 12.4 Å². The number of hydrogen-bond acceptors (Lipinski definition) is 2. The molecule has 40 valence electrons. The first-order chi connectivity index (χ1) is 3.39. The van der Waals surface area contributed by atoms with Crippen molar-refractivity contribution in [3.8, 4) is 0 Å². The lowest BCUT2D eigenvalue weighted by atomic mass is 10.7. The van der Waals surface area contributed by atoms with Gasteiger partial charge in [-0.3, -0.25) is 0 Å². The first kappa shape index (κ1) is 8.33. The molecule has 0 radical (unpaired) electrons. The van der Waals surface area contributed by atoms with E-state index in [0.717, 1.165) is 4.47 Å². The third-order valence-corrected chi connectivity index (χ3v) is 0.939. The lowest BCUT2D eigenvalue weighted by molar-refractivity contribution is 1.15. The average Bonchev–Trinajstić information content (AvgIpc) is 1.69. The van der Waals surface area contributed by atoms with Gasteiger partial charge in [0.15, 0.2) is 0 Å². The molecule has 2 nitrogen and oxygen atoms in total. The van der Waals surface area contributed by atoms with E-state index < -0.39 is 0 Å². The zero-order valence-corrected chi connectivity index (χ0v) is 5.09. The number of rotatable bonds is 0. The molecule has 1 rings (SSSR count). The SMILES string of the molecule is Brc1cncnc1.[MgH2]. The van der Waals surface area contributed by atoms with Crippen molar-refractivity contribution in [1.82, 2.24) is 9.97 Å². The Labute approximate surface area is 72.0 Å². The van der Waals surface area contributed by atoms with Crippen molar-refractivity contribution in [3.63, 3.8) is 0 Å². The van der Waals surface area contributed by atoms with Crippen molar-refractivity contribution in [1.29, 1.82) is 0 Å². The zero-order valence-electron chi connectivity index (χ0n) is 3.50. The van der Waals surface area contributed by atoms with Crippen molar-refractivity contribution >= 4 is 39.0 Å². The van der Waals surface area contributed by atoms with Crippen LogP contribution < -0.4 is 0 Å². The van der Waals surface area contributed by atoms with Gasteiger partial charge >= 0.3 is 23.1 Å². The lowest BCUT2D eigenvalue weighted by Crippen LogP contribution is -1.71. The Kier molecular flexibility index (Phi) is 4.40. The molecular weight excluding hydrogens is 180 g/mol. The summed E-state index contributed by atoms with van der Waals surface area (Å²) in [5, 5.41) is 0. The summed E-state index contributed by atoms with van der Waals surface area (Å²) in [6.45, 7) is 0. The summed E-state index contributed by atoms with van der Waals surface area (Å²) >= 11 is 3.19. The molecule has 0 bridgehead atoms. The number of nitrogens with zero attached hydrogens (tertiary/aromatic N) is 2. The highest BCUT2D eigenvalue weighted by Gasteiger charge is 1.76. The minimum Gasteiger partial charge on any atom is -0.244 e. The van der Waals surface area contributed by atoms with Crippen LogP contribution in [0.2, 0.25) is 0 Å². The minimum absolute atomic E-state index is 0. The van der Waals surface area contributed by atoms with Gasteiger partial charge < -0.3 is 0 Å². The minimum atomic E-state index is 0. The molecule has 0 spiro atoms.